The molecule has 0 amide bonds. The fraction of sp³-hybridized carbons (Fsp3) is 0.857. The largest absolute Gasteiger partial charge is 0.463 e. The highest BCUT2D eigenvalue weighted by molar-refractivity contribution is 5.81. The van der Waals surface area contributed by atoms with Crippen molar-refractivity contribution in [1.82, 2.24) is 0 Å². The molecular formula is C49H95O4. The molecule has 0 saturated carbocycles. The lowest BCUT2D eigenvalue weighted by atomic mass is 10.0. The summed E-state index contributed by atoms with van der Waals surface area (Å²) in [6, 6.07) is 0. The standard InChI is InChI=1S/C19H39.2C15H28O2/c1-3-5-7-9-11-13-15-17-19-18-16-14-12-10-8-6-4-2;2*1-3-5-6-7-8-9-10-11-12-13-14-17-15(16)4-2/h3H,4-19H2,1-2H3;2*4H,2-3,5-14H2,1H3. The van der Waals surface area contributed by atoms with Gasteiger partial charge in [-0.3, -0.25) is 0 Å². The molecule has 0 heterocycles. The van der Waals surface area contributed by atoms with E-state index in [1.54, 1.807) is 0 Å². The van der Waals surface area contributed by atoms with Crippen molar-refractivity contribution in [3.8, 4) is 0 Å². The number of rotatable bonds is 40. The number of ether oxygens (including phenoxy) is 2. The van der Waals surface area contributed by atoms with E-state index >= 15 is 0 Å². The van der Waals surface area contributed by atoms with Gasteiger partial charge in [0.2, 0.25) is 0 Å². The highest BCUT2D eigenvalue weighted by Gasteiger charge is 1.98. The zero-order valence-corrected chi connectivity index (χ0v) is 36.6. The lowest BCUT2D eigenvalue weighted by molar-refractivity contribution is -0.138. The summed E-state index contributed by atoms with van der Waals surface area (Å²) in [5, 5.41) is 0. The van der Waals surface area contributed by atoms with E-state index in [0.29, 0.717) is 13.2 Å². The minimum absolute atomic E-state index is 0.305. The van der Waals surface area contributed by atoms with Gasteiger partial charge in [-0.25, -0.2) is 9.59 Å². The Morgan fingerprint density at radius 3 is 0.774 bits per heavy atom. The highest BCUT2D eigenvalue weighted by atomic mass is 16.5. The Morgan fingerprint density at radius 2 is 0.566 bits per heavy atom. The van der Waals surface area contributed by atoms with Crippen LogP contribution >= 0.6 is 0 Å². The Hall–Kier alpha value is -1.58. The number of carbonyl (C=O) groups is 2. The second kappa shape index (κ2) is 54.8. The molecule has 0 saturated heterocycles. The molecule has 0 fully saturated rings. The third-order valence-electron chi connectivity index (χ3n) is 9.91. The van der Waals surface area contributed by atoms with Gasteiger partial charge in [0.1, 0.15) is 0 Å². The molecule has 0 bridgehead atoms. The smallest absolute Gasteiger partial charge is 0.330 e. The molecule has 315 valence electrons. The third-order valence-corrected chi connectivity index (χ3v) is 9.91. The summed E-state index contributed by atoms with van der Waals surface area (Å²) >= 11 is 0. The van der Waals surface area contributed by atoms with Gasteiger partial charge in [0, 0.05) is 12.2 Å². The zero-order chi connectivity index (χ0) is 39.6. The quantitative estimate of drug-likeness (QED) is 0.0356. The van der Waals surface area contributed by atoms with E-state index in [4.69, 9.17) is 9.47 Å². The predicted molar refractivity (Wildman–Crippen MR) is 236 cm³/mol. The van der Waals surface area contributed by atoms with E-state index in [0.717, 1.165) is 12.8 Å². The zero-order valence-electron chi connectivity index (χ0n) is 36.6. The SMILES string of the molecule is C=CC(=O)OCCCCCCCCCCCC.C=CC(=O)OCCCCCCCCCCCC.C[CH]CCCCCCCCCCCCCCCCC. The van der Waals surface area contributed by atoms with Gasteiger partial charge < -0.3 is 9.47 Å². The first-order valence-electron chi connectivity index (χ1n) is 23.4. The summed E-state index contributed by atoms with van der Waals surface area (Å²) in [6.07, 6.45) is 53.9. The van der Waals surface area contributed by atoms with Crippen LogP contribution in [0.3, 0.4) is 0 Å². The van der Waals surface area contributed by atoms with Crippen molar-refractivity contribution in [2.45, 2.75) is 259 Å². The van der Waals surface area contributed by atoms with Crippen molar-refractivity contribution < 1.29 is 19.1 Å². The molecule has 4 nitrogen and oxygen atoms in total. The molecular weight excluding hydrogens is 653 g/mol. The van der Waals surface area contributed by atoms with Crippen molar-refractivity contribution in [2.75, 3.05) is 13.2 Å². The average Bonchev–Trinajstić information content (AvgIpc) is 3.17. The molecule has 0 aliphatic heterocycles. The Balaban J connectivity index is -0.000000709. The molecule has 0 rings (SSSR count). The fourth-order valence-corrected chi connectivity index (χ4v) is 6.36. The summed E-state index contributed by atoms with van der Waals surface area (Å²) < 4.78 is 9.81. The summed E-state index contributed by atoms with van der Waals surface area (Å²) in [6.45, 7) is 16.8. The fourth-order valence-electron chi connectivity index (χ4n) is 6.36. The number of carbonyl (C=O) groups excluding carboxylic acids is 2. The molecule has 4 heteroatoms. The van der Waals surface area contributed by atoms with Gasteiger partial charge in [-0.2, -0.15) is 0 Å². The van der Waals surface area contributed by atoms with Crippen LogP contribution in [0.4, 0.5) is 0 Å². The first-order chi connectivity index (χ1) is 26.0. The minimum atomic E-state index is -0.305. The molecule has 1 radical (unpaired) electrons. The first-order valence-corrected chi connectivity index (χ1v) is 23.4. The minimum Gasteiger partial charge on any atom is -0.463 e. The van der Waals surface area contributed by atoms with Gasteiger partial charge in [0.15, 0.2) is 0 Å². The molecule has 53 heavy (non-hydrogen) atoms. The predicted octanol–water partition coefficient (Wildman–Crippen LogP) is 16.7. The van der Waals surface area contributed by atoms with E-state index < -0.39 is 0 Å². The lowest BCUT2D eigenvalue weighted by Crippen LogP contribution is -2.01. The molecule has 0 aromatic heterocycles. The van der Waals surface area contributed by atoms with Crippen LogP contribution in [0.1, 0.15) is 259 Å². The van der Waals surface area contributed by atoms with Crippen molar-refractivity contribution in [2.24, 2.45) is 0 Å². The summed E-state index contributed by atoms with van der Waals surface area (Å²) in [5.74, 6) is -0.609. The average molecular weight is 748 g/mol. The second-order valence-corrected chi connectivity index (χ2v) is 15.3. The molecule has 0 atom stereocenters. The Bertz CT molecular complexity index is 645. The summed E-state index contributed by atoms with van der Waals surface area (Å²) in [7, 11) is 0. The molecule has 0 unspecified atom stereocenters. The van der Waals surface area contributed by atoms with Gasteiger partial charge in [-0.05, 0) is 19.3 Å². The van der Waals surface area contributed by atoms with Crippen LogP contribution in [0.25, 0.3) is 0 Å². The summed E-state index contributed by atoms with van der Waals surface area (Å²) in [4.78, 5) is 21.5. The molecule has 0 aromatic carbocycles. The van der Waals surface area contributed by atoms with E-state index in [9.17, 15) is 9.59 Å². The molecule has 0 spiro atoms. The van der Waals surface area contributed by atoms with E-state index in [1.165, 1.54) is 230 Å². The van der Waals surface area contributed by atoms with Gasteiger partial charge in [0.25, 0.3) is 0 Å². The molecule has 0 aromatic rings. The number of hydrogen-bond acceptors (Lipinski definition) is 4. The van der Waals surface area contributed by atoms with E-state index in [2.05, 4.69) is 47.3 Å². The van der Waals surface area contributed by atoms with Crippen molar-refractivity contribution in [3.05, 3.63) is 31.7 Å². The third kappa shape index (κ3) is 59.9. The Labute approximate surface area is 333 Å². The number of esters is 2. The molecule has 0 N–H and O–H groups in total. The van der Waals surface area contributed by atoms with Crippen molar-refractivity contribution in [1.29, 1.82) is 0 Å². The topological polar surface area (TPSA) is 52.6 Å². The normalized spacial score (nSPS) is 10.5. The molecule has 0 aliphatic rings. The van der Waals surface area contributed by atoms with Gasteiger partial charge in [-0.1, -0.05) is 259 Å². The second-order valence-electron chi connectivity index (χ2n) is 15.3. The van der Waals surface area contributed by atoms with Crippen molar-refractivity contribution >= 4 is 11.9 Å². The monoisotopic (exact) mass is 748 g/mol. The molecule has 0 aliphatic carbocycles. The van der Waals surface area contributed by atoms with Crippen LogP contribution in [-0.2, 0) is 19.1 Å². The van der Waals surface area contributed by atoms with E-state index in [-0.39, 0.29) is 11.9 Å². The maximum Gasteiger partial charge on any atom is 0.330 e. The van der Waals surface area contributed by atoms with Gasteiger partial charge in [-0.15, -0.1) is 0 Å². The van der Waals surface area contributed by atoms with Gasteiger partial charge in [0.05, 0.1) is 13.2 Å². The summed E-state index contributed by atoms with van der Waals surface area (Å²) in [5.41, 5.74) is 0. The van der Waals surface area contributed by atoms with Crippen LogP contribution in [0.15, 0.2) is 25.3 Å². The van der Waals surface area contributed by atoms with E-state index in [1.807, 2.05) is 0 Å². The maximum absolute atomic E-state index is 10.7. The van der Waals surface area contributed by atoms with Crippen LogP contribution in [0, 0.1) is 6.42 Å². The first kappa shape index (κ1) is 55.8. The number of hydrogen-bond donors (Lipinski definition) is 0. The van der Waals surface area contributed by atoms with Crippen molar-refractivity contribution in [3.63, 3.8) is 0 Å². The van der Waals surface area contributed by atoms with Crippen LogP contribution in [0.2, 0.25) is 0 Å². The highest BCUT2D eigenvalue weighted by Crippen LogP contribution is 2.14. The van der Waals surface area contributed by atoms with Crippen LogP contribution in [-0.4, -0.2) is 25.2 Å². The lowest BCUT2D eigenvalue weighted by Gasteiger charge is -2.03. The Morgan fingerprint density at radius 1 is 0.358 bits per heavy atom. The number of unbranched alkanes of at least 4 members (excludes halogenated alkanes) is 34. The van der Waals surface area contributed by atoms with Gasteiger partial charge >= 0.3 is 11.9 Å². The Kier molecular flexibility index (Phi) is 57.6. The van der Waals surface area contributed by atoms with Crippen LogP contribution < -0.4 is 0 Å². The maximum atomic E-state index is 10.7. The van der Waals surface area contributed by atoms with Crippen LogP contribution in [0.5, 0.6) is 0 Å².